The summed E-state index contributed by atoms with van der Waals surface area (Å²) in [7, 11) is -1.01. The van der Waals surface area contributed by atoms with Crippen LogP contribution < -0.4 is 4.72 Å². The summed E-state index contributed by atoms with van der Waals surface area (Å²) in [5.74, 6) is -1.06. The van der Waals surface area contributed by atoms with E-state index in [1.165, 1.54) is 21.1 Å². The van der Waals surface area contributed by atoms with Crippen molar-refractivity contribution in [2.45, 2.75) is 18.7 Å². The van der Waals surface area contributed by atoms with Crippen LogP contribution in [0.5, 0.6) is 0 Å². The van der Waals surface area contributed by atoms with E-state index in [0.717, 1.165) is 4.80 Å². The summed E-state index contributed by atoms with van der Waals surface area (Å²) in [6.45, 7) is 1.38. The maximum atomic E-state index is 11.6. The first kappa shape index (κ1) is 13.5. The minimum atomic E-state index is -3.70. The predicted octanol–water partition coefficient (Wildman–Crippen LogP) is -1.81. The standard InChI is InChI=1S/C7H13N5O4S/c1-5(7(13)16-3)10-17(14,15)4-6-8-11-12(2)9-6/h5,10H,4H2,1-3H3. The molecule has 0 aliphatic carbocycles. The zero-order valence-electron chi connectivity index (χ0n) is 9.61. The van der Waals surface area contributed by atoms with Crippen molar-refractivity contribution in [1.29, 1.82) is 0 Å². The molecule has 0 saturated heterocycles. The van der Waals surface area contributed by atoms with Crippen LogP contribution in [0, 0.1) is 0 Å². The minimum absolute atomic E-state index is 0.0528. The lowest BCUT2D eigenvalue weighted by molar-refractivity contribution is -0.142. The quantitative estimate of drug-likeness (QED) is 0.622. The summed E-state index contributed by atoms with van der Waals surface area (Å²) in [5.41, 5.74) is 0. The van der Waals surface area contributed by atoms with Crippen LogP contribution >= 0.6 is 0 Å². The van der Waals surface area contributed by atoms with Crippen LogP contribution in [0.3, 0.4) is 0 Å². The average molecular weight is 263 g/mol. The second-order valence-corrected chi connectivity index (χ2v) is 5.07. The second-order valence-electron chi connectivity index (χ2n) is 3.32. The molecule has 0 radical (unpaired) electrons. The van der Waals surface area contributed by atoms with Gasteiger partial charge in [0.15, 0.2) is 5.82 Å². The Morgan fingerprint density at radius 2 is 2.24 bits per heavy atom. The fourth-order valence-corrected chi connectivity index (χ4v) is 2.26. The number of ether oxygens (including phenoxy) is 1. The van der Waals surface area contributed by atoms with Gasteiger partial charge in [-0.25, -0.2) is 13.1 Å². The molecule has 1 aromatic rings. The van der Waals surface area contributed by atoms with Gasteiger partial charge >= 0.3 is 5.97 Å². The van der Waals surface area contributed by atoms with Crippen LogP contribution in [-0.2, 0) is 32.4 Å². The first-order valence-electron chi connectivity index (χ1n) is 4.65. The highest BCUT2D eigenvalue weighted by atomic mass is 32.2. The summed E-state index contributed by atoms with van der Waals surface area (Å²) in [6, 6.07) is -0.957. The maximum Gasteiger partial charge on any atom is 0.323 e. The van der Waals surface area contributed by atoms with Gasteiger partial charge in [0.1, 0.15) is 11.8 Å². The van der Waals surface area contributed by atoms with Crippen molar-refractivity contribution in [2.75, 3.05) is 7.11 Å². The number of tetrazole rings is 1. The van der Waals surface area contributed by atoms with Crippen LogP contribution in [0.15, 0.2) is 0 Å². The molecular formula is C7H13N5O4S. The van der Waals surface area contributed by atoms with Gasteiger partial charge in [0, 0.05) is 0 Å². The van der Waals surface area contributed by atoms with Gasteiger partial charge in [0.25, 0.3) is 0 Å². The molecule has 0 aliphatic rings. The third-order valence-electron chi connectivity index (χ3n) is 1.78. The molecule has 17 heavy (non-hydrogen) atoms. The normalized spacial score (nSPS) is 13.4. The number of sulfonamides is 1. The molecule has 1 heterocycles. The molecule has 0 aliphatic heterocycles. The van der Waals surface area contributed by atoms with E-state index in [9.17, 15) is 13.2 Å². The third kappa shape index (κ3) is 4.07. The number of nitrogens with one attached hydrogen (secondary N) is 1. The number of nitrogens with zero attached hydrogens (tertiary/aromatic N) is 4. The average Bonchev–Trinajstić information content (AvgIpc) is 2.60. The lowest BCUT2D eigenvalue weighted by Crippen LogP contribution is -2.39. The molecule has 0 bridgehead atoms. The number of carbonyl (C=O) groups excluding carboxylic acids is 1. The molecule has 0 saturated carbocycles. The Morgan fingerprint density at radius 3 is 2.71 bits per heavy atom. The molecule has 0 aromatic carbocycles. The fourth-order valence-electron chi connectivity index (χ4n) is 1.09. The largest absolute Gasteiger partial charge is 0.468 e. The van der Waals surface area contributed by atoms with E-state index in [4.69, 9.17) is 0 Å². The van der Waals surface area contributed by atoms with Gasteiger partial charge in [-0.15, -0.1) is 10.2 Å². The molecule has 0 fully saturated rings. The van der Waals surface area contributed by atoms with Crippen molar-refractivity contribution >= 4 is 16.0 Å². The Hall–Kier alpha value is -1.55. The van der Waals surface area contributed by atoms with Gasteiger partial charge in [-0.3, -0.25) is 4.79 Å². The van der Waals surface area contributed by atoms with Crippen LogP contribution in [0.1, 0.15) is 12.7 Å². The molecule has 0 amide bonds. The number of aromatic nitrogens is 4. The zero-order chi connectivity index (χ0) is 13.1. The van der Waals surface area contributed by atoms with Crippen molar-refractivity contribution in [3.63, 3.8) is 0 Å². The topological polar surface area (TPSA) is 116 Å². The van der Waals surface area contributed by atoms with Crippen LogP contribution in [0.25, 0.3) is 0 Å². The van der Waals surface area contributed by atoms with E-state index in [2.05, 4.69) is 24.9 Å². The molecule has 1 unspecified atom stereocenters. The van der Waals surface area contributed by atoms with E-state index in [-0.39, 0.29) is 5.82 Å². The lowest BCUT2D eigenvalue weighted by atomic mass is 10.4. The zero-order valence-corrected chi connectivity index (χ0v) is 10.4. The molecule has 1 rings (SSSR count). The minimum Gasteiger partial charge on any atom is -0.468 e. The van der Waals surface area contributed by atoms with Crippen LogP contribution in [0.2, 0.25) is 0 Å². The Bertz CT molecular complexity index is 496. The Labute approximate surface area is 98.2 Å². The number of aryl methyl sites for hydroxylation is 1. The fraction of sp³-hybridized carbons (Fsp3) is 0.714. The highest BCUT2D eigenvalue weighted by Crippen LogP contribution is 1.98. The van der Waals surface area contributed by atoms with Crippen molar-refractivity contribution in [3.8, 4) is 0 Å². The Balaban J connectivity index is 2.66. The van der Waals surface area contributed by atoms with Gasteiger partial charge in [-0.2, -0.15) is 4.80 Å². The van der Waals surface area contributed by atoms with Crippen LogP contribution in [0.4, 0.5) is 0 Å². The molecule has 1 atom stereocenters. The van der Waals surface area contributed by atoms with E-state index in [0.29, 0.717) is 0 Å². The first-order valence-corrected chi connectivity index (χ1v) is 6.30. The summed E-state index contributed by atoms with van der Waals surface area (Å²) >= 11 is 0. The number of esters is 1. The number of hydrogen-bond donors (Lipinski definition) is 1. The summed E-state index contributed by atoms with van der Waals surface area (Å²) < 4.78 is 29.8. The molecule has 9 nitrogen and oxygen atoms in total. The highest BCUT2D eigenvalue weighted by molar-refractivity contribution is 7.88. The summed E-state index contributed by atoms with van der Waals surface area (Å²) in [6.07, 6.45) is 0. The molecule has 96 valence electrons. The smallest absolute Gasteiger partial charge is 0.323 e. The maximum absolute atomic E-state index is 11.6. The number of methoxy groups -OCH3 is 1. The Morgan fingerprint density at radius 1 is 1.59 bits per heavy atom. The van der Waals surface area contributed by atoms with Crippen molar-refractivity contribution in [1.82, 2.24) is 24.9 Å². The summed E-state index contributed by atoms with van der Waals surface area (Å²) in [4.78, 5) is 12.2. The Kier molecular flexibility index (Phi) is 4.12. The number of rotatable bonds is 5. The van der Waals surface area contributed by atoms with Gasteiger partial charge in [-0.05, 0) is 12.1 Å². The van der Waals surface area contributed by atoms with Crippen molar-refractivity contribution < 1.29 is 17.9 Å². The predicted molar refractivity (Wildman–Crippen MR) is 56.0 cm³/mol. The number of carbonyl (C=O) groups is 1. The molecule has 10 heteroatoms. The third-order valence-corrected chi connectivity index (χ3v) is 3.13. The highest BCUT2D eigenvalue weighted by Gasteiger charge is 2.22. The van der Waals surface area contributed by atoms with Crippen molar-refractivity contribution in [2.24, 2.45) is 7.05 Å². The lowest BCUT2D eigenvalue weighted by Gasteiger charge is -2.10. The second kappa shape index (κ2) is 5.19. The molecule has 1 N–H and O–H groups in total. The monoisotopic (exact) mass is 263 g/mol. The van der Waals surface area contributed by atoms with Gasteiger partial charge < -0.3 is 4.74 Å². The van der Waals surface area contributed by atoms with Gasteiger partial charge in [0.05, 0.1) is 14.2 Å². The van der Waals surface area contributed by atoms with E-state index >= 15 is 0 Å². The molecular weight excluding hydrogens is 250 g/mol. The van der Waals surface area contributed by atoms with Gasteiger partial charge in [0.2, 0.25) is 10.0 Å². The van der Waals surface area contributed by atoms with Crippen molar-refractivity contribution in [3.05, 3.63) is 5.82 Å². The van der Waals surface area contributed by atoms with E-state index in [1.807, 2.05) is 0 Å². The molecule has 1 aromatic heterocycles. The van der Waals surface area contributed by atoms with E-state index < -0.39 is 27.8 Å². The SMILES string of the molecule is COC(=O)C(C)NS(=O)(=O)Cc1nnn(C)n1. The first-order chi connectivity index (χ1) is 7.84. The van der Waals surface area contributed by atoms with E-state index in [1.54, 1.807) is 0 Å². The summed E-state index contributed by atoms with van der Waals surface area (Å²) in [5, 5.41) is 10.8. The molecule has 0 spiro atoms. The number of hydrogen-bond acceptors (Lipinski definition) is 7. The van der Waals surface area contributed by atoms with Gasteiger partial charge in [-0.1, -0.05) is 0 Å². The van der Waals surface area contributed by atoms with Crippen LogP contribution in [-0.4, -0.2) is 47.7 Å².